The molecule has 0 saturated heterocycles. The fourth-order valence-electron chi connectivity index (χ4n) is 3.39. The van der Waals surface area contributed by atoms with Crippen LogP contribution in [0.1, 0.15) is 44.9 Å². The van der Waals surface area contributed by atoms with E-state index in [1.807, 2.05) is 0 Å². The molecule has 1 aromatic heterocycles. The third-order valence-electron chi connectivity index (χ3n) is 4.59. The molecule has 0 unspecified atom stereocenters. The Hall–Kier alpha value is -0.800. The predicted octanol–water partition coefficient (Wildman–Crippen LogP) is 5.54. The van der Waals surface area contributed by atoms with Crippen LogP contribution in [0.25, 0.3) is 11.0 Å². The van der Waals surface area contributed by atoms with Crippen LogP contribution in [0, 0.1) is 11.2 Å². The molecular formula is C16H19Cl2FN2. The highest BCUT2D eigenvalue weighted by atomic mass is 35.5. The number of imidazole rings is 1. The third kappa shape index (κ3) is 2.91. The lowest BCUT2D eigenvalue weighted by Crippen LogP contribution is -2.26. The van der Waals surface area contributed by atoms with Gasteiger partial charge in [-0.15, -0.1) is 11.6 Å². The molecule has 0 aliphatic heterocycles. The van der Waals surface area contributed by atoms with Crippen molar-refractivity contribution in [1.82, 2.24) is 9.55 Å². The molecule has 1 aromatic carbocycles. The topological polar surface area (TPSA) is 17.8 Å². The zero-order valence-corrected chi connectivity index (χ0v) is 13.6. The maximum atomic E-state index is 13.6. The SMILES string of the molecule is CC1(Cn2c(CCl)nc3cc(F)c(Cl)cc32)CCCCC1. The molecule has 1 aliphatic rings. The average Bonchev–Trinajstić information content (AvgIpc) is 2.77. The van der Waals surface area contributed by atoms with Crippen LogP contribution in [0.3, 0.4) is 0 Å². The molecule has 1 heterocycles. The van der Waals surface area contributed by atoms with Gasteiger partial charge in [0.1, 0.15) is 11.6 Å². The van der Waals surface area contributed by atoms with E-state index in [0.717, 1.165) is 17.9 Å². The second kappa shape index (κ2) is 5.77. The third-order valence-corrected chi connectivity index (χ3v) is 5.12. The molecular weight excluding hydrogens is 310 g/mol. The number of alkyl halides is 1. The number of fused-ring (bicyclic) bond motifs is 1. The Bertz CT molecular complexity index is 660. The number of halogens is 3. The summed E-state index contributed by atoms with van der Waals surface area (Å²) in [5, 5.41) is 0.138. The summed E-state index contributed by atoms with van der Waals surface area (Å²) in [6.45, 7) is 3.19. The summed E-state index contributed by atoms with van der Waals surface area (Å²) in [6.07, 6.45) is 6.29. The van der Waals surface area contributed by atoms with E-state index in [9.17, 15) is 4.39 Å². The Morgan fingerprint density at radius 2 is 2.00 bits per heavy atom. The lowest BCUT2D eigenvalue weighted by atomic mass is 9.75. The van der Waals surface area contributed by atoms with E-state index >= 15 is 0 Å². The van der Waals surface area contributed by atoms with Crippen molar-refractivity contribution in [1.29, 1.82) is 0 Å². The number of nitrogens with zero attached hydrogens (tertiary/aromatic N) is 2. The molecule has 3 rings (SSSR count). The summed E-state index contributed by atoms with van der Waals surface area (Å²) in [4.78, 5) is 4.46. The smallest absolute Gasteiger partial charge is 0.144 e. The van der Waals surface area contributed by atoms with Crippen LogP contribution in [-0.4, -0.2) is 9.55 Å². The van der Waals surface area contributed by atoms with E-state index in [4.69, 9.17) is 23.2 Å². The molecule has 114 valence electrons. The minimum Gasteiger partial charge on any atom is -0.326 e. The average molecular weight is 329 g/mol. The Labute approximate surface area is 134 Å². The van der Waals surface area contributed by atoms with Crippen molar-refractivity contribution < 1.29 is 4.39 Å². The highest BCUT2D eigenvalue weighted by molar-refractivity contribution is 6.31. The molecule has 0 spiro atoms. The van der Waals surface area contributed by atoms with Gasteiger partial charge in [-0.3, -0.25) is 0 Å². The Kier molecular flexibility index (Phi) is 4.15. The van der Waals surface area contributed by atoms with Gasteiger partial charge in [-0.25, -0.2) is 9.37 Å². The van der Waals surface area contributed by atoms with Crippen molar-refractivity contribution in [2.75, 3.05) is 0 Å². The Balaban J connectivity index is 2.05. The van der Waals surface area contributed by atoms with Gasteiger partial charge in [0, 0.05) is 12.6 Å². The van der Waals surface area contributed by atoms with Gasteiger partial charge in [-0.1, -0.05) is 37.8 Å². The minimum atomic E-state index is -0.432. The molecule has 0 N–H and O–H groups in total. The summed E-state index contributed by atoms with van der Waals surface area (Å²) in [5.41, 5.74) is 1.77. The van der Waals surface area contributed by atoms with Gasteiger partial charge in [-0.05, 0) is 24.3 Å². The first-order valence-electron chi connectivity index (χ1n) is 7.42. The lowest BCUT2D eigenvalue weighted by molar-refractivity contribution is 0.184. The zero-order valence-electron chi connectivity index (χ0n) is 12.1. The first-order chi connectivity index (χ1) is 10.0. The molecule has 0 radical (unpaired) electrons. The second-order valence-corrected chi connectivity index (χ2v) is 7.05. The van der Waals surface area contributed by atoms with Gasteiger partial charge >= 0.3 is 0 Å². The normalized spacial score (nSPS) is 18.3. The van der Waals surface area contributed by atoms with Crippen molar-refractivity contribution in [3.05, 3.63) is 28.8 Å². The highest BCUT2D eigenvalue weighted by Crippen LogP contribution is 2.38. The van der Waals surface area contributed by atoms with Gasteiger partial charge in [0.2, 0.25) is 0 Å². The van der Waals surface area contributed by atoms with Crippen molar-refractivity contribution in [2.24, 2.45) is 5.41 Å². The van der Waals surface area contributed by atoms with Crippen LogP contribution in [0.5, 0.6) is 0 Å². The summed E-state index contributed by atoms with van der Waals surface area (Å²) >= 11 is 12.0. The number of benzene rings is 1. The summed E-state index contributed by atoms with van der Waals surface area (Å²) in [7, 11) is 0. The predicted molar refractivity (Wildman–Crippen MR) is 85.5 cm³/mol. The number of hydrogen-bond acceptors (Lipinski definition) is 1. The van der Waals surface area contributed by atoms with Crippen LogP contribution in [0.15, 0.2) is 12.1 Å². The first kappa shape index (κ1) is 15.1. The molecule has 0 atom stereocenters. The molecule has 1 aliphatic carbocycles. The molecule has 0 bridgehead atoms. The molecule has 2 aromatic rings. The van der Waals surface area contributed by atoms with Crippen molar-refractivity contribution in [3.63, 3.8) is 0 Å². The fourth-order valence-corrected chi connectivity index (χ4v) is 3.76. The maximum Gasteiger partial charge on any atom is 0.144 e. The first-order valence-corrected chi connectivity index (χ1v) is 8.34. The molecule has 1 saturated carbocycles. The van der Waals surface area contributed by atoms with Crippen molar-refractivity contribution in [3.8, 4) is 0 Å². The second-order valence-electron chi connectivity index (χ2n) is 6.37. The van der Waals surface area contributed by atoms with Crippen molar-refractivity contribution in [2.45, 2.75) is 51.5 Å². The molecule has 1 fully saturated rings. The number of aromatic nitrogens is 2. The number of hydrogen-bond donors (Lipinski definition) is 0. The number of rotatable bonds is 3. The van der Waals surface area contributed by atoms with Gasteiger partial charge in [-0.2, -0.15) is 0 Å². The van der Waals surface area contributed by atoms with Crippen LogP contribution in [0.4, 0.5) is 4.39 Å². The fraction of sp³-hybridized carbons (Fsp3) is 0.562. The molecule has 21 heavy (non-hydrogen) atoms. The van der Waals surface area contributed by atoms with Crippen LogP contribution in [0.2, 0.25) is 5.02 Å². The molecule has 5 heteroatoms. The van der Waals surface area contributed by atoms with Gasteiger partial charge < -0.3 is 4.57 Å². The monoisotopic (exact) mass is 328 g/mol. The standard InChI is InChI=1S/C16H19Cl2FN2/c1-16(5-3-2-4-6-16)10-21-14-7-11(18)12(19)8-13(14)20-15(21)9-17/h7-8H,2-6,9-10H2,1H3. The maximum absolute atomic E-state index is 13.6. The van der Waals surface area contributed by atoms with E-state index in [1.54, 1.807) is 6.07 Å². The van der Waals surface area contributed by atoms with E-state index in [1.165, 1.54) is 38.2 Å². The quantitative estimate of drug-likeness (QED) is 0.676. The summed E-state index contributed by atoms with van der Waals surface area (Å²) in [5.74, 6) is 0.684. The van der Waals surface area contributed by atoms with Crippen LogP contribution >= 0.6 is 23.2 Å². The minimum absolute atomic E-state index is 0.138. The summed E-state index contributed by atoms with van der Waals surface area (Å²) in [6, 6.07) is 3.06. The molecule has 2 nitrogen and oxygen atoms in total. The summed E-state index contributed by atoms with van der Waals surface area (Å²) < 4.78 is 15.7. The van der Waals surface area contributed by atoms with Crippen molar-refractivity contribution >= 4 is 34.2 Å². The van der Waals surface area contributed by atoms with E-state index in [0.29, 0.717) is 11.4 Å². The Morgan fingerprint density at radius 1 is 1.29 bits per heavy atom. The van der Waals surface area contributed by atoms with Crippen LogP contribution < -0.4 is 0 Å². The zero-order chi connectivity index (χ0) is 15.0. The lowest BCUT2D eigenvalue weighted by Gasteiger charge is -2.34. The van der Waals surface area contributed by atoms with E-state index in [-0.39, 0.29) is 10.4 Å². The van der Waals surface area contributed by atoms with Crippen LogP contribution in [-0.2, 0) is 12.4 Å². The largest absolute Gasteiger partial charge is 0.326 e. The molecule has 0 amide bonds. The van der Waals surface area contributed by atoms with Gasteiger partial charge in [0.05, 0.1) is 21.9 Å². The van der Waals surface area contributed by atoms with E-state index in [2.05, 4.69) is 16.5 Å². The highest BCUT2D eigenvalue weighted by Gasteiger charge is 2.29. The van der Waals surface area contributed by atoms with Gasteiger partial charge in [0.15, 0.2) is 0 Å². The van der Waals surface area contributed by atoms with E-state index < -0.39 is 5.82 Å². The Morgan fingerprint density at radius 3 is 2.67 bits per heavy atom. The van der Waals surface area contributed by atoms with Gasteiger partial charge in [0.25, 0.3) is 0 Å².